The van der Waals surface area contributed by atoms with E-state index in [2.05, 4.69) is 5.32 Å². The van der Waals surface area contributed by atoms with Crippen molar-refractivity contribution >= 4 is 11.9 Å². The molecule has 0 radical (unpaired) electrons. The Kier molecular flexibility index (Phi) is 6.72. The molecule has 0 saturated carbocycles. The smallest absolute Gasteiger partial charge is 0.326 e. The highest BCUT2D eigenvalue weighted by Gasteiger charge is 2.23. The molecule has 0 spiro atoms. The lowest BCUT2D eigenvalue weighted by Gasteiger charge is -2.18. The summed E-state index contributed by atoms with van der Waals surface area (Å²) in [5.41, 5.74) is 0. The van der Waals surface area contributed by atoms with Crippen molar-refractivity contribution in [3.8, 4) is 0 Å². The van der Waals surface area contributed by atoms with Gasteiger partial charge in [0, 0.05) is 0 Å². The lowest BCUT2D eigenvalue weighted by molar-refractivity contribution is -0.144. The second-order valence-electron chi connectivity index (χ2n) is 4.16. The van der Waals surface area contributed by atoms with Crippen LogP contribution in [0, 0.1) is 5.92 Å². The predicted octanol–water partition coefficient (Wildman–Crippen LogP) is 1.03. The standard InChI is InChI=1S/C11H21NO4/c1-5-8(4)16-6-9(13)12-10(7(2)3)11(14)15/h7-8,10H,5-6H2,1-4H3,(H,12,13)(H,14,15)/t8?,10-/m1/s1. The van der Waals surface area contributed by atoms with Gasteiger partial charge in [0.2, 0.25) is 5.91 Å². The van der Waals surface area contributed by atoms with Crippen LogP contribution in [0.15, 0.2) is 0 Å². The summed E-state index contributed by atoms with van der Waals surface area (Å²) in [6.07, 6.45) is 0.827. The molecule has 0 aliphatic carbocycles. The number of hydrogen-bond donors (Lipinski definition) is 2. The van der Waals surface area contributed by atoms with Crippen LogP contribution in [0.2, 0.25) is 0 Å². The maximum absolute atomic E-state index is 11.4. The Bertz CT molecular complexity index is 240. The molecule has 0 aromatic rings. The third kappa shape index (κ3) is 5.70. The first-order valence-corrected chi connectivity index (χ1v) is 5.52. The van der Waals surface area contributed by atoms with Crippen molar-refractivity contribution in [3.05, 3.63) is 0 Å². The van der Waals surface area contributed by atoms with Gasteiger partial charge in [-0.1, -0.05) is 20.8 Å². The highest BCUT2D eigenvalue weighted by Crippen LogP contribution is 2.02. The van der Waals surface area contributed by atoms with E-state index in [0.29, 0.717) is 0 Å². The van der Waals surface area contributed by atoms with Gasteiger partial charge in [-0.2, -0.15) is 0 Å². The maximum atomic E-state index is 11.4. The van der Waals surface area contributed by atoms with E-state index in [0.717, 1.165) is 6.42 Å². The normalized spacial score (nSPS) is 14.6. The third-order valence-corrected chi connectivity index (χ3v) is 2.32. The van der Waals surface area contributed by atoms with Gasteiger partial charge in [0.15, 0.2) is 0 Å². The Morgan fingerprint density at radius 2 is 1.88 bits per heavy atom. The highest BCUT2D eigenvalue weighted by molar-refractivity contribution is 5.84. The number of carbonyl (C=O) groups excluding carboxylic acids is 1. The first-order valence-electron chi connectivity index (χ1n) is 5.52. The van der Waals surface area contributed by atoms with E-state index in [1.165, 1.54) is 0 Å². The number of carboxylic acid groups (broad SMARTS) is 1. The summed E-state index contributed by atoms with van der Waals surface area (Å²) in [7, 11) is 0. The maximum Gasteiger partial charge on any atom is 0.326 e. The molecule has 5 heteroatoms. The molecular weight excluding hydrogens is 210 g/mol. The highest BCUT2D eigenvalue weighted by atomic mass is 16.5. The van der Waals surface area contributed by atoms with Gasteiger partial charge in [-0.15, -0.1) is 0 Å². The summed E-state index contributed by atoms with van der Waals surface area (Å²) < 4.78 is 5.21. The van der Waals surface area contributed by atoms with Gasteiger partial charge in [0.1, 0.15) is 12.6 Å². The Hall–Kier alpha value is -1.10. The molecule has 16 heavy (non-hydrogen) atoms. The minimum Gasteiger partial charge on any atom is -0.480 e. The van der Waals surface area contributed by atoms with Gasteiger partial charge in [0.25, 0.3) is 0 Å². The molecule has 1 unspecified atom stereocenters. The van der Waals surface area contributed by atoms with Crippen LogP contribution in [-0.4, -0.2) is 35.7 Å². The molecule has 0 bridgehead atoms. The number of amides is 1. The van der Waals surface area contributed by atoms with E-state index < -0.39 is 12.0 Å². The van der Waals surface area contributed by atoms with Crippen LogP contribution < -0.4 is 5.32 Å². The van der Waals surface area contributed by atoms with Crippen LogP contribution in [0.3, 0.4) is 0 Å². The minimum atomic E-state index is -1.02. The van der Waals surface area contributed by atoms with E-state index in [1.54, 1.807) is 13.8 Å². The molecule has 2 atom stereocenters. The molecular formula is C11H21NO4. The Morgan fingerprint density at radius 3 is 2.25 bits per heavy atom. The molecule has 0 heterocycles. The van der Waals surface area contributed by atoms with Gasteiger partial charge in [-0.3, -0.25) is 4.79 Å². The van der Waals surface area contributed by atoms with Crippen molar-refractivity contribution < 1.29 is 19.4 Å². The number of ether oxygens (including phenoxy) is 1. The summed E-state index contributed by atoms with van der Waals surface area (Å²) in [5, 5.41) is 11.3. The van der Waals surface area contributed by atoms with Gasteiger partial charge in [-0.25, -0.2) is 4.79 Å². The van der Waals surface area contributed by atoms with Crippen LogP contribution in [0.1, 0.15) is 34.1 Å². The first kappa shape index (κ1) is 14.9. The molecule has 94 valence electrons. The lowest BCUT2D eigenvalue weighted by Crippen LogP contribution is -2.45. The Morgan fingerprint density at radius 1 is 1.31 bits per heavy atom. The largest absolute Gasteiger partial charge is 0.480 e. The van der Waals surface area contributed by atoms with Gasteiger partial charge >= 0.3 is 5.97 Å². The third-order valence-electron chi connectivity index (χ3n) is 2.32. The topological polar surface area (TPSA) is 75.6 Å². The van der Waals surface area contributed by atoms with E-state index in [-0.39, 0.29) is 24.5 Å². The quantitative estimate of drug-likeness (QED) is 0.686. The van der Waals surface area contributed by atoms with Crippen molar-refractivity contribution in [2.24, 2.45) is 5.92 Å². The Balaban J connectivity index is 4.06. The number of aliphatic carboxylic acids is 1. The zero-order valence-corrected chi connectivity index (χ0v) is 10.3. The zero-order valence-electron chi connectivity index (χ0n) is 10.3. The Labute approximate surface area is 96.2 Å². The van der Waals surface area contributed by atoms with Gasteiger partial charge in [-0.05, 0) is 19.3 Å². The number of nitrogens with one attached hydrogen (secondary N) is 1. The van der Waals surface area contributed by atoms with Crippen LogP contribution >= 0.6 is 0 Å². The van der Waals surface area contributed by atoms with Crippen molar-refractivity contribution in [1.29, 1.82) is 0 Å². The van der Waals surface area contributed by atoms with Crippen molar-refractivity contribution in [2.45, 2.75) is 46.3 Å². The molecule has 1 amide bonds. The number of carboxylic acids is 1. The fourth-order valence-corrected chi connectivity index (χ4v) is 1.06. The number of carbonyl (C=O) groups is 2. The van der Waals surface area contributed by atoms with E-state index in [4.69, 9.17) is 9.84 Å². The van der Waals surface area contributed by atoms with E-state index in [1.807, 2.05) is 13.8 Å². The van der Waals surface area contributed by atoms with Crippen LogP contribution in [0.4, 0.5) is 0 Å². The molecule has 5 nitrogen and oxygen atoms in total. The summed E-state index contributed by atoms with van der Waals surface area (Å²) in [6.45, 7) is 7.22. The van der Waals surface area contributed by atoms with Crippen LogP contribution in [0.25, 0.3) is 0 Å². The SMILES string of the molecule is CCC(C)OCC(=O)N[C@@H](C(=O)O)C(C)C. The first-order chi connectivity index (χ1) is 7.38. The van der Waals surface area contributed by atoms with E-state index >= 15 is 0 Å². The summed E-state index contributed by atoms with van der Waals surface area (Å²) in [6, 6.07) is -0.854. The van der Waals surface area contributed by atoms with Gasteiger partial charge in [0.05, 0.1) is 6.10 Å². The molecule has 0 rings (SSSR count). The summed E-state index contributed by atoms with van der Waals surface area (Å²) in [4.78, 5) is 22.2. The lowest BCUT2D eigenvalue weighted by atomic mass is 10.1. The molecule has 0 aliphatic rings. The summed E-state index contributed by atoms with van der Waals surface area (Å²) >= 11 is 0. The van der Waals surface area contributed by atoms with E-state index in [9.17, 15) is 9.59 Å². The second-order valence-corrected chi connectivity index (χ2v) is 4.16. The number of hydrogen-bond acceptors (Lipinski definition) is 3. The van der Waals surface area contributed by atoms with Crippen LogP contribution in [0.5, 0.6) is 0 Å². The fourth-order valence-electron chi connectivity index (χ4n) is 1.06. The monoisotopic (exact) mass is 231 g/mol. The molecule has 0 aliphatic heterocycles. The zero-order chi connectivity index (χ0) is 12.7. The van der Waals surface area contributed by atoms with Crippen LogP contribution in [-0.2, 0) is 14.3 Å². The number of rotatable bonds is 7. The van der Waals surface area contributed by atoms with Crippen molar-refractivity contribution in [3.63, 3.8) is 0 Å². The molecule has 0 aromatic carbocycles. The average molecular weight is 231 g/mol. The second kappa shape index (κ2) is 7.22. The molecule has 0 saturated heterocycles. The predicted molar refractivity (Wildman–Crippen MR) is 60.1 cm³/mol. The molecule has 2 N–H and O–H groups in total. The van der Waals surface area contributed by atoms with Gasteiger partial charge < -0.3 is 15.2 Å². The van der Waals surface area contributed by atoms with Crippen molar-refractivity contribution in [1.82, 2.24) is 5.32 Å². The minimum absolute atomic E-state index is 0.00748. The molecule has 0 fully saturated rings. The fraction of sp³-hybridized carbons (Fsp3) is 0.818. The average Bonchev–Trinajstić information content (AvgIpc) is 2.21. The van der Waals surface area contributed by atoms with Crippen molar-refractivity contribution in [2.75, 3.05) is 6.61 Å². The summed E-state index contributed by atoms with van der Waals surface area (Å²) in [5.74, 6) is -1.56. The molecule has 0 aromatic heterocycles.